The molecule has 1 fully saturated rings. The molecule has 37 heavy (non-hydrogen) atoms. The number of para-hydroxylation sites is 1. The minimum Gasteiger partial charge on any atom is -0.448 e. The highest BCUT2D eigenvalue weighted by Crippen LogP contribution is 2.36. The van der Waals surface area contributed by atoms with E-state index in [4.69, 9.17) is 9.94 Å². The molecule has 3 N–H and O–H groups in total. The maximum atomic E-state index is 12.4. The third kappa shape index (κ3) is 5.87. The Morgan fingerprint density at radius 2 is 2.00 bits per heavy atom. The zero-order chi connectivity index (χ0) is 25.6. The van der Waals surface area contributed by atoms with Gasteiger partial charge < -0.3 is 14.6 Å². The Morgan fingerprint density at radius 3 is 2.84 bits per heavy atom. The topological polar surface area (TPSA) is 97.9 Å². The molecule has 1 aromatic heterocycles. The van der Waals surface area contributed by atoms with Crippen LogP contribution in [0.3, 0.4) is 0 Å². The summed E-state index contributed by atoms with van der Waals surface area (Å²) in [5.74, 6) is -0.551. The van der Waals surface area contributed by atoms with Crippen LogP contribution in [0.4, 0.5) is 4.79 Å². The molecule has 1 aliphatic heterocycles. The molecule has 0 spiro atoms. The van der Waals surface area contributed by atoms with Gasteiger partial charge in [-0.1, -0.05) is 36.4 Å². The second-order valence-corrected chi connectivity index (χ2v) is 9.78. The van der Waals surface area contributed by atoms with Crippen LogP contribution in [0.5, 0.6) is 0 Å². The molecule has 2 aromatic carbocycles. The average Bonchev–Trinajstić information content (AvgIpc) is 3.69. The Kier molecular flexibility index (Phi) is 7.87. The summed E-state index contributed by atoms with van der Waals surface area (Å²) in [6.45, 7) is 3.47. The van der Waals surface area contributed by atoms with Gasteiger partial charge in [-0.25, -0.2) is 10.3 Å². The van der Waals surface area contributed by atoms with Gasteiger partial charge in [0.25, 0.3) is 5.91 Å². The number of hydrogen-bond acceptors (Lipinski definition) is 5. The normalized spacial score (nSPS) is 17.1. The van der Waals surface area contributed by atoms with Crippen molar-refractivity contribution >= 4 is 29.0 Å². The minimum atomic E-state index is -0.551. The number of hydrogen-bond donors (Lipinski definition) is 3. The highest BCUT2D eigenvalue weighted by molar-refractivity contribution is 5.90. The lowest BCUT2D eigenvalue weighted by Crippen LogP contribution is -2.35. The fourth-order valence-electron chi connectivity index (χ4n) is 5.57. The van der Waals surface area contributed by atoms with E-state index in [1.165, 1.54) is 28.2 Å². The van der Waals surface area contributed by atoms with Crippen molar-refractivity contribution in [2.45, 2.75) is 38.1 Å². The molecule has 194 valence electrons. The third-order valence-corrected chi connectivity index (χ3v) is 7.50. The number of rotatable bonds is 9. The van der Waals surface area contributed by atoms with Gasteiger partial charge in [0.2, 0.25) is 0 Å². The molecular weight excluding hydrogens is 468 g/mol. The van der Waals surface area contributed by atoms with Crippen molar-refractivity contribution in [3.8, 4) is 0 Å². The summed E-state index contributed by atoms with van der Waals surface area (Å²) >= 11 is 0. The number of nitrogens with one attached hydrogen (secondary N) is 2. The molecule has 5 rings (SSSR count). The predicted octanol–water partition coefficient (Wildman–Crippen LogP) is 4.45. The highest BCUT2D eigenvalue weighted by atomic mass is 16.6. The number of likely N-dealkylation sites (tertiary alicyclic amines) is 1. The van der Waals surface area contributed by atoms with E-state index in [2.05, 4.69) is 46.4 Å². The number of amides is 2. The molecule has 2 heterocycles. The Hall–Kier alpha value is -3.62. The molecule has 1 saturated heterocycles. The Morgan fingerprint density at radius 1 is 1.16 bits per heavy atom. The number of benzene rings is 2. The summed E-state index contributed by atoms with van der Waals surface area (Å²) in [6.07, 6.45) is 9.84. The van der Waals surface area contributed by atoms with Crippen LogP contribution in [0, 0.1) is 0 Å². The summed E-state index contributed by atoms with van der Waals surface area (Å²) in [6, 6.07) is 14.9. The van der Waals surface area contributed by atoms with E-state index in [9.17, 15) is 9.59 Å². The summed E-state index contributed by atoms with van der Waals surface area (Å²) in [5.41, 5.74) is 7.53. The number of ether oxygens (including phenoxy) is 1. The molecule has 0 bridgehead atoms. The van der Waals surface area contributed by atoms with Crippen molar-refractivity contribution in [3.63, 3.8) is 0 Å². The summed E-state index contributed by atoms with van der Waals surface area (Å²) in [4.78, 5) is 31.4. The van der Waals surface area contributed by atoms with Crippen LogP contribution < -0.4 is 5.48 Å². The minimum absolute atomic E-state index is 0.204. The van der Waals surface area contributed by atoms with E-state index in [1.807, 2.05) is 12.1 Å². The third-order valence-electron chi connectivity index (χ3n) is 7.50. The number of carbonyl (C=O) groups is 2. The van der Waals surface area contributed by atoms with Crippen LogP contribution in [0.1, 0.15) is 47.6 Å². The number of nitrogens with zero attached hydrogens (tertiary/aromatic N) is 2. The number of H-pyrrole nitrogens is 1. The van der Waals surface area contributed by atoms with E-state index in [-0.39, 0.29) is 12.1 Å². The Labute approximate surface area is 216 Å². The van der Waals surface area contributed by atoms with Gasteiger partial charge >= 0.3 is 6.09 Å². The van der Waals surface area contributed by atoms with Crippen molar-refractivity contribution in [2.75, 3.05) is 32.8 Å². The van der Waals surface area contributed by atoms with Crippen molar-refractivity contribution < 1.29 is 19.5 Å². The van der Waals surface area contributed by atoms with Gasteiger partial charge in [0.15, 0.2) is 0 Å². The van der Waals surface area contributed by atoms with Crippen molar-refractivity contribution in [1.82, 2.24) is 20.3 Å². The first-order valence-corrected chi connectivity index (χ1v) is 13.1. The van der Waals surface area contributed by atoms with Crippen LogP contribution in [0.25, 0.3) is 17.0 Å². The van der Waals surface area contributed by atoms with Crippen LogP contribution in [-0.2, 0) is 22.4 Å². The van der Waals surface area contributed by atoms with Crippen LogP contribution >= 0.6 is 0 Å². The number of aromatic nitrogens is 1. The molecule has 8 heteroatoms. The average molecular weight is 503 g/mol. The first-order chi connectivity index (χ1) is 18.1. The zero-order valence-corrected chi connectivity index (χ0v) is 21.0. The molecule has 2 aliphatic rings. The quantitative estimate of drug-likeness (QED) is 0.228. The fraction of sp³-hybridized carbons (Fsp3) is 0.379. The smallest absolute Gasteiger partial charge is 0.409 e. The predicted molar refractivity (Wildman–Crippen MR) is 142 cm³/mol. The molecule has 8 nitrogen and oxygen atoms in total. The van der Waals surface area contributed by atoms with E-state index in [0.29, 0.717) is 13.2 Å². The Bertz CT molecular complexity index is 1280. The van der Waals surface area contributed by atoms with Crippen LogP contribution in [0.2, 0.25) is 0 Å². The number of carbonyl (C=O) groups excluding carboxylic acids is 2. The molecule has 0 saturated carbocycles. The molecule has 1 atom stereocenters. The Balaban J connectivity index is 1.30. The van der Waals surface area contributed by atoms with Gasteiger partial charge in [0, 0.05) is 55.4 Å². The van der Waals surface area contributed by atoms with Crippen molar-refractivity contribution in [2.24, 2.45) is 0 Å². The fourth-order valence-corrected chi connectivity index (χ4v) is 5.57. The van der Waals surface area contributed by atoms with Crippen LogP contribution in [0.15, 0.2) is 54.7 Å². The van der Waals surface area contributed by atoms with Gasteiger partial charge in [0.05, 0.1) is 0 Å². The monoisotopic (exact) mass is 502 g/mol. The summed E-state index contributed by atoms with van der Waals surface area (Å²) < 4.78 is 5.67. The van der Waals surface area contributed by atoms with E-state index in [1.54, 1.807) is 16.5 Å². The largest absolute Gasteiger partial charge is 0.448 e. The van der Waals surface area contributed by atoms with Crippen molar-refractivity contribution in [3.05, 3.63) is 77.0 Å². The first-order valence-electron chi connectivity index (χ1n) is 13.1. The standard InChI is InChI=1S/C29H34N4O4/c34-28(31-36)12-8-21-7-10-25-22(19-21)9-11-27(25)32(17-18-37-29(35)33-14-3-4-15-33)16-13-23-20-30-26-6-2-1-5-24(23)26/h1-2,5-8,10,12,19-20,27,30,36H,3-4,9,11,13-18H2,(H,31,34). The SMILES string of the molecule is O=C(C=Cc1ccc2c(c1)CCC2N(CCOC(=O)N1CCCC1)CCc1c[nH]c2ccccc12)NO. The lowest BCUT2D eigenvalue weighted by atomic mass is 10.0. The lowest BCUT2D eigenvalue weighted by Gasteiger charge is -2.30. The van der Waals surface area contributed by atoms with E-state index < -0.39 is 5.91 Å². The van der Waals surface area contributed by atoms with Gasteiger partial charge in [-0.15, -0.1) is 0 Å². The summed E-state index contributed by atoms with van der Waals surface area (Å²) in [5, 5.41) is 9.96. The van der Waals surface area contributed by atoms with Gasteiger partial charge in [-0.2, -0.15) is 0 Å². The van der Waals surface area contributed by atoms with Gasteiger partial charge in [0.1, 0.15) is 6.61 Å². The number of fused-ring (bicyclic) bond motifs is 2. The molecule has 1 unspecified atom stereocenters. The maximum absolute atomic E-state index is 12.4. The van der Waals surface area contributed by atoms with E-state index in [0.717, 1.165) is 62.8 Å². The first kappa shape index (κ1) is 25.0. The zero-order valence-electron chi connectivity index (χ0n) is 21.0. The molecule has 1 aliphatic carbocycles. The maximum Gasteiger partial charge on any atom is 0.409 e. The second kappa shape index (κ2) is 11.6. The van der Waals surface area contributed by atoms with Crippen LogP contribution in [-0.4, -0.2) is 64.8 Å². The second-order valence-electron chi connectivity index (χ2n) is 9.78. The number of hydroxylamine groups is 1. The number of aryl methyl sites for hydroxylation is 1. The number of aromatic amines is 1. The summed E-state index contributed by atoms with van der Waals surface area (Å²) in [7, 11) is 0. The van der Waals surface area contributed by atoms with E-state index >= 15 is 0 Å². The van der Waals surface area contributed by atoms with Crippen molar-refractivity contribution in [1.29, 1.82) is 0 Å². The van der Waals surface area contributed by atoms with Gasteiger partial charge in [-0.3, -0.25) is 14.9 Å². The highest BCUT2D eigenvalue weighted by Gasteiger charge is 2.28. The molecule has 0 radical (unpaired) electrons. The van der Waals surface area contributed by atoms with Gasteiger partial charge in [-0.05, 0) is 66.5 Å². The lowest BCUT2D eigenvalue weighted by molar-refractivity contribution is -0.124. The molecule has 3 aromatic rings. The molecular formula is C29H34N4O4. The molecule has 2 amide bonds.